The number of rotatable bonds is 8. The van der Waals surface area contributed by atoms with Crippen molar-refractivity contribution in [2.75, 3.05) is 31.8 Å². The average molecular weight is 452 g/mol. The molecule has 2 heterocycles. The molecule has 0 unspecified atom stereocenters. The normalized spacial score (nSPS) is 12.9. The molecule has 1 aliphatic rings. The van der Waals surface area contributed by atoms with Gasteiger partial charge in [0.25, 0.3) is 5.91 Å². The number of anilines is 1. The number of carboxylic acids is 1. The fourth-order valence-corrected chi connectivity index (χ4v) is 4.05. The van der Waals surface area contributed by atoms with Crippen molar-refractivity contribution in [2.45, 2.75) is 20.3 Å². The predicted molar refractivity (Wildman–Crippen MR) is 121 cm³/mol. The van der Waals surface area contributed by atoms with Gasteiger partial charge in [-0.25, -0.2) is 0 Å². The topological polar surface area (TPSA) is 118 Å². The van der Waals surface area contributed by atoms with E-state index in [-0.39, 0.29) is 24.6 Å². The number of nitrogens with zero attached hydrogens (tertiary/aromatic N) is 1. The Hall–Kier alpha value is -4.01. The van der Waals surface area contributed by atoms with Crippen LogP contribution in [0, 0.1) is 0 Å². The quantitative estimate of drug-likeness (QED) is 0.504. The smallest absolute Gasteiger partial charge is 0.307 e. The number of aromatic nitrogens is 1. The number of likely N-dealkylation sites (N-methyl/N-ethyl adjacent to an activating group) is 1. The Bertz CT molecular complexity index is 1260. The van der Waals surface area contributed by atoms with Crippen LogP contribution in [-0.2, 0) is 16.0 Å². The molecule has 0 atom stereocenters. The molecule has 0 saturated carbocycles. The van der Waals surface area contributed by atoms with E-state index in [0.717, 1.165) is 0 Å². The number of carbonyl (C=O) groups is 3. The summed E-state index contributed by atoms with van der Waals surface area (Å²) in [6.45, 7) is 4.48. The number of carboxylic acid groups (broad SMARTS) is 1. The highest BCUT2D eigenvalue weighted by atomic mass is 16.5. The lowest BCUT2D eigenvalue weighted by Gasteiger charge is -2.28. The molecular formula is C24H24N2O7. The third-order valence-corrected chi connectivity index (χ3v) is 5.53. The fraction of sp³-hybridized carbons (Fsp3) is 0.292. The number of carbonyl (C=O) groups excluding carboxylic acids is 2. The Kier molecular flexibility index (Phi) is 5.95. The van der Waals surface area contributed by atoms with E-state index in [4.69, 9.17) is 14.2 Å². The maximum Gasteiger partial charge on any atom is 0.307 e. The number of nitrogens with one attached hydrogen (secondary N) is 1. The number of amides is 1. The van der Waals surface area contributed by atoms with Gasteiger partial charge in [0.15, 0.2) is 18.1 Å². The van der Waals surface area contributed by atoms with Gasteiger partial charge < -0.3 is 29.2 Å². The van der Waals surface area contributed by atoms with Crippen LogP contribution in [-0.4, -0.2) is 54.6 Å². The molecule has 0 fully saturated rings. The van der Waals surface area contributed by atoms with Crippen molar-refractivity contribution in [2.24, 2.45) is 0 Å². The molecule has 9 heteroatoms. The minimum atomic E-state index is -1.07. The van der Waals surface area contributed by atoms with Gasteiger partial charge in [-0.2, -0.15) is 0 Å². The van der Waals surface area contributed by atoms with Crippen LogP contribution < -0.4 is 19.1 Å². The zero-order valence-corrected chi connectivity index (χ0v) is 18.6. The lowest BCUT2D eigenvalue weighted by molar-refractivity contribution is -0.136. The van der Waals surface area contributed by atoms with Gasteiger partial charge in [0.2, 0.25) is 5.78 Å². The van der Waals surface area contributed by atoms with Gasteiger partial charge in [-0.3, -0.25) is 14.4 Å². The number of H-pyrrole nitrogens is 1. The van der Waals surface area contributed by atoms with Gasteiger partial charge in [-0.1, -0.05) is 0 Å². The molecule has 4 rings (SSSR count). The molecule has 0 spiro atoms. The number of aliphatic carboxylic acids is 1. The number of fused-ring (bicyclic) bond motifs is 2. The molecule has 1 amide bonds. The van der Waals surface area contributed by atoms with Gasteiger partial charge in [0.1, 0.15) is 5.75 Å². The number of hydrogen-bond donors (Lipinski definition) is 2. The van der Waals surface area contributed by atoms with Crippen LogP contribution >= 0.6 is 0 Å². The second kappa shape index (κ2) is 8.85. The van der Waals surface area contributed by atoms with Crippen LogP contribution in [0.5, 0.6) is 17.2 Å². The van der Waals surface area contributed by atoms with E-state index in [1.165, 1.54) is 7.11 Å². The lowest BCUT2D eigenvalue weighted by Crippen LogP contribution is -2.38. The van der Waals surface area contributed by atoms with E-state index >= 15 is 0 Å². The Labute approximate surface area is 189 Å². The van der Waals surface area contributed by atoms with E-state index in [2.05, 4.69) is 4.98 Å². The van der Waals surface area contributed by atoms with Gasteiger partial charge >= 0.3 is 5.97 Å². The monoisotopic (exact) mass is 452 g/mol. The zero-order valence-electron chi connectivity index (χ0n) is 18.6. The molecule has 1 aromatic heterocycles. The maximum atomic E-state index is 13.5. The summed E-state index contributed by atoms with van der Waals surface area (Å²) >= 11 is 0. The molecule has 33 heavy (non-hydrogen) atoms. The van der Waals surface area contributed by atoms with Crippen LogP contribution in [0.15, 0.2) is 30.3 Å². The summed E-state index contributed by atoms with van der Waals surface area (Å²) in [6.07, 6.45) is -0.355. The summed E-state index contributed by atoms with van der Waals surface area (Å²) < 4.78 is 16.5. The Morgan fingerprint density at radius 2 is 1.97 bits per heavy atom. The molecule has 0 aliphatic carbocycles. The highest BCUT2D eigenvalue weighted by Gasteiger charge is 2.27. The minimum absolute atomic E-state index is 0.0527. The summed E-state index contributed by atoms with van der Waals surface area (Å²) in [7, 11) is 1.50. The molecule has 0 saturated heterocycles. The minimum Gasteiger partial charge on any atom is -0.493 e. The highest BCUT2D eigenvalue weighted by molar-refractivity contribution is 6.13. The summed E-state index contributed by atoms with van der Waals surface area (Å²) in [4.78, 5) is 42.0. The second-order valence-corrected chi connectivity index (χ2v) is 7.47. The molecule has 0 radical (unpaired) electrons. The van der Waals surface area contributed by atoms with Crippen molar-refractivity contribution in [1.29, 1.82) is 0 Å². The lowest BCUT2D eigenvalue weighted by atomic mass is 10.00. The third kappa shape index (κ3) is 3.97. The average Bonchev–Trinajstić information content (AvgIpc) is 3.14. The number of benzene rings is 2. The molecule has 1 aliphatic heterocycles. The van der Waals surface area contributed by atoms with Crippen molar-refractivity contribution in [3.63, 3.8) is 0 Å². The standard InChI is InChI=1S/C24H24N2O7/c1-4-26-17-8-13(6-7-18(17)33-12-21(26)27)24(30)23-15(10-22(28)29)14-9-19(31-3)20(32-5-2)11-16(14)25-23/h6-9,11,25H,4-5,10,12H2,1-3H3,(H,28,29). The number of aromatic amines is 1. The van der Waals surface area contributed by atoms with Crippen LogP contribution in [0.4, 0.5) is 5.69 Å². The predicted octanol–water partition coefficient (Wildman–Crippen LogP) is 3.18. The number of hydrogen-bond acceptors (Lipinski definition) is 6. The summed E-state index contributed by atoms with van der Waals surface area (Å²) in [5.41, 5.74) is 1.89. The second-order valence-electron chi connectivity index (χ2n) is 7.47. The van der Waals surface area contributed by atoms with Crippen LogP contribution in [0.2, 0.25) is 0 Å². The third-order valence-electron chi connectivity index (χ3n) is 5.53. The first kappa shape index (κ1) is 22.2. The number of methoxy groups -OCH3 is 1. The van der Waals surface area contributed by atoms with Crippen molar-refractivity contribution < 1.29 is 33.7 Å². The van der Waals surface area contributed by atoms with E-state index in [0.29, 0.717) is 58.1 Å². The maximum absolute atomic E-state index is 13.5. The zero-order chi connectivity index (χ0) is 23.7. The summed E-state index contributed by atoms with van der Waals surface area (Å²) in [5.74, 6) is -0.214. The van der Waals surface area contributed by atoms with E-state index in [1.54, 1.807) is 35.2 Å². The molecule has 172 valence electrons. The van der Waals surface area contributed by atoms with Crippen LogP contribution in [0.25, 0.3) is 10.9 Å². The van der Waals surface area contributed by atoms with Crippen molar-refractivity contribution in [3.8, 4) is 17.2 Å². The number of ketones is 1. The fourth-order valence-electron chi connectivity index (χ4n) is 4.05. The molecule has 3 aromatic rings. The van der Waals surface area contributed by atoms with Gasteiger partial charge in [-0.15, -0.1) is 0 Å². The van der Waals surface area contributed by atoms with Crippen molar-refractivity contribution >= 4 is 34.3 Å². The molecule has 9 nitrogen and oxygen atoms in total. The largest absolute Gasteiger partial charge is 0.493 e. The molecule has 2 aromatic carbocycles. The SMILES string of the molecule is CCOc1cc2[nH]c(C(=O)c3ccc4c(c3)N(CC)C(=O)CO4)c(CC(=O)O)c2cc1OC. The Morgan fingerprint density at radius 3 is 2.64 bits per heavy atom. The first-order valence-electron chi connectivity index (χ1n) is 10.6. The molecule has 2 N–H and O–H groups in total. The van der Waals surface area contributed by atoms with Gasteiger partial charge in [0, 0.05) is 29.1 Å². The van der Waals surface area contributed by atoms with Crippen LogP contribution in [0.3, 0.4) is 0 Å². The summed E-state index contributed by atoms with van der Waals surface area (Å²) in [6, 6.07) is 8.21. The van der Waals surface area contributed by atoms with Crippen molar-refractivity contribution in [1.82, 2.24) is 4.98 Å². The summed E-state index contributed by atoms with van der Waals surface area (Å²) in [5, 5.41) is 10.1. The van der Waals surface area contributed by atoms with E-state index in [1.807, 2.05) is 13.8 Å². The van der Waals surface area contributed by atoms with E-state index < -0.39 is 11.8 Å². The molecular weight excluding hydrogens is 428 g/mol. The molecule has 0 bridgehead atoms. The Morgan fingerprint density at radius 1 is 1.18 bits per heavy atom. The van der Waals surface area contributed by atoms with Gasteiger partial charge in [-0.05, 0) is 38.1 Å². The van der Waals surface area contributed by atoms with Crippen LogP contribution in [0.1, 0.15) is 35.5 Å². The first-order valence-corrected chi connectivity index (χ1v) is 10.6. The van der Waals surface area contributed by atoms with Crippen molar-refractivity contribution in [3.05, 3.63) is 47.2 Å². The van der Waals surface area contributed by atoms with E-state index in [9.17, 15) is 19.5 Å². The first-order chi connectivity index (χ1) is 15.9. The number of ether oxygens (including phenoxy) is 3. The Balaban J connectivity index is 1.85. The van der Waals surface area contributed by atoms with Gasteiger partial charge in [0.05, 0.1) is 37.0 Å². The highest BCUT2D eigenvalue weighted by Crippen LogP contribution is 2.37.